The van der Waals surface area contributed by atoms with Gasteiger partial charge in [-0.05, 0) is 42.3 Å². The molecule has 0 unspecified atom stereocenters. The standard InChI is InChI=1S/C7H16.C6H18N3OP/c1-3-5-7-6-4-2;1-7(2)11(10,8(3)4)9(5)6/h3-7H2,1-2H3;1-6H3. The van der Waals surface area contributed by atoms with Gasteiger partial charge in [-0.25, -0.2) is 14.0 Å². The Labute approximate surface area is 115 Å². The Bertz CT molecular complexity index is 198. The van der Waals surface area contributed by atoms with Crippen molar-refractivity contribution < 1.29 is 4.57 Å². The maximum Gasteiger partial charge on any atom is 0.285 e. The lowest BCUT2D eigenvalue weighted by molar-refractivity contribution is 0.383. The first-order valence-corrected chi connectivity index (χ1v) is 8.45. The zero-order chi connectivity index (χ0) is 14.8. The molecule has 112 valence electrons. The predicted molar refractivity (Wildman–Crippen MR) is 83.1 cm³/mol. The van der Waals surface area contributed by atoms with Crippen LogP contribution in [0.4, 0.5) is 0 Å². The van der Waals surface area contributed by atoms with Gasteiger partial charge in [0.2, 0.25) is 0 Å². The van der Waals surface area contributed by atoms with Crippen LogP contribution >= 0.6 is 7.59 Å². The Hall–Kier alpha value is 0.110. The first-order chi connectivity index (χ1) is 8.24. The molecule has 0 saturated heterocycles. The Morgan fingerprint density at radius 1 is 0.667 bits per heavy atom. The second-order valence-electron chi connectivity index (χ2n) is 5.12. The normalized spacial score (nSPS) is 11.9. The molecule has 0 rings (SSSR count). The van der Waals surface area contributed by atoms with Crippen LogP contribution in [0, 0.1) is 0 Å². The SMILES string of the molecule is CCCCCCC.CN(C)P(=O)(N(C)C)N(C)C. The van der Waals surface area contributed by atoms with E-state index < -0.39 is 7.59 Å². The third-order valence-electron chi connectivity index (χ3n) is 2.77. The van der Waals surface area contributed by atoms with E-state index in [1.54, 1.807) is 14.0 Å². The average Bonchev–Trinajstić information content (AvgIpc) is 2.28. The molecule has 4 nitrogen and oxygen atoms in total. The van der Waals surface area contributed by atoms with E-state index in [4.69, 9.17) is 0 Å². The highest BCUT2D eigenvalue weighted by atomic mass is 31.2. The van der Waals surface area contributed by atoms with Crippen LogP contribution in [0.1, 0.15) is 46.0 Å². The van der Waals surface area contributed by atoms with Crippen LogP contribution in [0.3, 0.4) is 0 Å². The van der Waals surface area contributed by atoms with E-state index in [0.717, 1.165) is 0 Å². The van der Waals surface area contributed by atoms with Crippen LogP contribution in [-0.2, 0) is 4.57 Å². The highest BCUT2D eigenvalue weighted by Crippen LogP contribution is 2.50. The van der Waals surface area contributed by atoms with Crippen molar-refractivity contribution in [3.63, 3.8) is 0 Å². The van der Waals surface area contributed by atoms with E-state index in [1.165, 1.54) is 32.1 Å². The minimum Gasteiger partial charge on any atom is -0.270 e. The molecule has 18 heavy (non-hydrogen) atoms. The predicted octanol–water partition coefficient (Wildman–Crippen LogP) is 3.76. The van der Waals surface area contributed by atoms with E-state index in [2.05, 4.69) is 13.8 Å². The molecule has 0 aromatic heterocycles. The summed E-state index contributed by atoms with van der Waals surface area (Å²) in [6.45, 7) is 4.49. The summed E-state index contributed by atoms with van der Waals surface area (Å²) in [6.07, 6.45) is 7.01. The Morgan fingerprint density at radius 2 is 0.944 bits per heavy atom. The van der Waals surface area contributed by atoms with Crippen LogP contribution in [-0.4, -0.2) is 56.3 Å². The minimum absolute atomic E-state index is 1.36. The van der Waals surface area contributed by atoms with Crippen molar-refractivity contribution in [1.29, 1.82) is 0 Å². The van der Waals surface area contributed by atoms with Gasteiger partial charge in [0, 0.05) is 0 Å². The summed E-state index contributed by atoms with van der Waals surface area (Å²) in [5, 5.41) is 0. The molecule has 0 saturated carbocycles. The van der Waals surface area contributed by atoms with Gasteiger partial charge in [0.05, 0.1) is 0 Å². The van der Waals surface area contributed by atoms with E-state index in [9.17, 15) is 4.57 Å². The second kappa shape index (κ2) is 11.0. The van der Waals surface area contributed by atoms with Gasteiger partial charge in [-0.1, -0.05) is 46.0 Å². The highest BCUT2D eigenvalue weighted by molar-refractivity contribution is 7.56. The molecule has 0 aromatic carbocycles. The van der Waals surface area contributed by atoms with Crippen LogP contribution in [0.2, 0.25) is 0 Å². The van der Waals surface area contributed by atoms with Crippen LogP contribution in [0.25, 0.3) is 0 Å². The molecule has 0 N–H and O–H groups in total. The summed E-state index contributed by atoms with van der Waals surface area (Å²) in [4.78, 5) is 0. The summed E-state index contributed by atoms with van der Waals surface area (Å²) < 4.78 is 17.3. The van der Waals surface area contributed by atoms with Gasteiger partial charge in [0.25, 0.3) is 7.59 Å². The molecule has 0 amide bonds. The molecule has 5 heteroatoms. The molecule has 0 radical (unpaired) electrons. The van der Waals surface area contributed by atoms with Gasteiger partial charge >= 0.3 is 0 Å². The van der Waals surface area contributed by atoms with Crippen LogP contribution in [0.15, 0.2) is 0 Å². The van der Waals surface area contributed by atoms with E-state index in [1.807, 2.05) is 42.3 Å². The minimum atomic E-state index is -2.44. The molecule has 0 aliphatic heterocycles. The zero-order valence-electron chi connectivity index (χ0n) is 13.7. The third kappa shape index (κ3) is 7.52. The van der Waals surface area contributed by atoms with Gasteiger partial charge in [0.15, 0.2) is 0 Å². The molecule has 0 bridgehead atoms. The van der Waals surface area contributed by atoms with Crippen molar-refractivity contribution in [1.82, 2.24) is 14.0 Å². The maximum absolute atomic E-state index is 12.1. The first-order valence-electron chi connectivity index (χ1n) is 6.88. The summed E-state index contributed by atoms with van der Waals surface area (Å²) in [5.41, 5.74) is 0. The molecular weight excluding hydrogens is 245 g/mol. The maximum atomic E-state index is 12.1. The highest BCUT2D eigenvalue weighted by Gasteiger charge is 2.30. The molecule has 0 heterocycles. The molecular formula is C13H34N3OP. The Morgan fingerprint density at radius 3 is 1.06 bits per heavy atom. The summed E-state index contributed by atoms with van der Waals surface area (Å²) in [5.74, 6) is 0. The first kappa shape index (κ1) is 20.4. The molecule has 0 fully saturated rings. The summed E-state index contributed by atoms with van der Waals surface area (Å²) in [7, 11) is 8.49. The van der Waals surface area contributed by atoms with Crippen molar-refractivity contribution in [3.8, 4) is 0 Å². The van der Waals surface area contributed by atoms with Gasteiger partial charge < -0.3 is 0 Å². The fourth-order valence-electron chi connectivity index (χ4n) is 1.75. The van der Waals surface area contributed by atoms with Gasteiger partial charge in [-0.2, -0.15) is 0 Å². The number of unbranched alkanes of at least 4 members (excludes halogenated alkanes) is 4. The number of rotatable bonds is 7. The molecule has 0 aliphatic rings. The van der Waals surface area contributed by atoms with Gasteiger partial charge in [-0.3, -0.25) is 4.57 Å². The van der Waals surface area contributed by atoms with E-state index >= 15 is 0 Å². The lowest BCUT2D eigenvalue weighted by atomic mass is 10.2. The fraction of sp³-hybridized carbons (Fsp3) is 1.00. The Kier molecular flexibility index (Phi) is 12.5. The van der Waals surface area contributed by atoms with Crippen molar-refractivity contribution in [3.05, 3.63) is 0 Å². The fourth-order valence-corrected chi connectivity index (χ4v) is 3.90. The Balaban J connectivity index is 0. The van der Waals surface area contributed by atoms with E-state index in [-0.39, 0.29) is 0 Å². The van der Waals surface area contributed by atoms with Gasteiger partial charge in [-0.15, -0.1) is 0 Å². The largest absolute Gasteiger partial charge is 0.285 e. The van der Waals surface area contributed by atoms with Crippen LogP contribution < -0.4 is 0 Å². The average molecular weight is 279 g/mol. The van der Waals surface area contributed by atoms with Crippen molar-refractivity contribution in [2.45, 2.75) is 46.0 Å². The number of hydrogen-bond acceptors (Lipinski definition) is 1. The molecule has 0 aliphatic carbocycles. The van der Waals surface area contributed by atoms with E-state index in [0.29, 0.717) is 0 Å². The summed E-state index contributed by atoms with van der Waals surface area (Å²) in [6, 6.07) is 0. The summed E-state index contributed by atoms with van der Waals surface area (Å²) >= 11 is 0. The van der Waals surface area contributed by atoms with Crippen molar-refractivity contribution in [2.24, 2.45) is 0 Å². The monoisotopic (exact) mass is 279 g/mol. The molecule has 0 atom stereocenters. The molecule has 0 aromatic rings. The van der Waals surface area contributed by atoms with Crippen LogP contribution in [0.5, 0.6) is 0 Å². The number of hydrogen-bond donors (Lipinski definition) is 0. The van der Waals surface area contributed by atoms with Gasteiger partial charge in [0.1, 0.15) is 0 Å². The number of nitrogens with zero attached hydrogens (tertiary/aromatic N) is 3. The molecule has 0 spiro atoms. The van der Waals surface area contributed by atoms with Crippen molar-refractivity contribution in [2.75, 3.05) is 42.3 Å². The smallest absolute Gasteiger partial charge is 0.270 e. The zero-order valence-corrected chi connectivity index (χ0v) is 14.6. The lowest BCUT2D eigenvalue weighted by Crippen LogP contribution is -2.30. The third-order valence-corrected chi connectivity index (χ3v) is 5.90. The second-order valence-corrected chi connectivity index (χ2v) is 8.54. The van der Waals surface area contributed by atoms with Crippen molar-refractivity contribution >= 4 is 7.59 Å². The quantitative estimate of drug-likeness (QED) is 0.524. The lowest BCUT2D eigenvalue weighted by Gasteiger charge is -2.34. The topological polar surface area (TPSA) is 26.8 Å².